The van der Waals surface area contributed by atoms with Crippen LogP contribution in [0.4, 0.5) is 10.1 Å². The lowest BCUT2D eigenvalue weighted by Crippen LogP contribution is -2.16. The molecule has 0 amide bonds. The Kier molecular flexibility index (Phi) is 4.89. The Morgan fingerprint density at radius 1 is 1.18 bits per heavy atom. The summed E-state index contributed by atoms with van der Waals surface area (Å²) in [7, 11) is -4.00. The molecule has 7 heteroatoms. The fraction of sp³-hybridized carbons (Fsp3) is 0.200. The topological polar surface area (TPSA) is 72.2 Å². The lowest BCUT2D eigenvalue weighted by atomic mass is 10.1. The number of hydrogen-bond donors (Lipinski definition) is 2. The zero-order valence-corrected chi connectivity index (χ0v) is 14.6. The summed E-state index contributed by atoms with van der Waals surface area (Å²) in [5.74, 6) is -0.610. The molecular formula is C15H16BrFN2O2S. The average Bonchev–Trinajstić information content (AvgIpc) is 2.40. The second kappa shape index (κ2) is 6.36. The van der Waals surface area contributed by atoms with E-state index < -0.39 is 15.8 Å². The Morgan fingerprint density at radius 2 is 1.86 bits per heavy atom. The molecule has 4 nitrogen and oxygen atoms in total. The van der Waals surface area contributed by atoms with Gasteiger partial charge in [-0.3, -0.25) is 0 Å². The minimum absolute atomic E-state index is 0.0928. The Balaban J connectivity index is 2.39. The number of hydrogen-bond acceptors (Lipinski definition) is 3. The van der Waals surface area contributed by atoms with Crippen LogP contribution in [0, 0.1) is 19.7 Å². The highest BCUT2D eigenvalue weighted by Crippen LogP contribution is 2.27. The van der Waals surface area contributed by atoms with Crippen LogP contribution in [0.1, 0.15) is 16.7 Å². The monoisotopic (exact) mass is 386 g/mol. The third-order valence-electron chi connectivity index (χ3n) is 3.36. The number of primary sulfonamides is 1. The molecule has 0 heterocycles. The molecule has 0 fully saturated rings. The van der Waals surface area contributed by atoms with Crippen molar-refractivity contribution in [3.63, 3.8) is 0 Å². The van der Waals surface area contributed by atoms with E-state index in [2.05, 4.69) is 21.2 Å². The maximum atomic E-state index is 14.3. The van der Waals surface area contributed by atoms with Crippen LogP contribution in [0.2, 0.25) is 0 Å². The van der Waals surface area contributed by atoms with Crippen molar-refractivity contribution in [2.45, 2.75) is 25.3 Å². The van der Waals surface area contributed by atoms with Crippen molar-refractivity contribution in [3.8, 4) is 0 Å². The van der Waals surface area contributed by atoms with Gasteiger partial charge in [0.05, 0.1) is 5.69 Å². The van der Waals surface area contributed by atoms with Gasteiger partial charge in [0.2, 0.25) is 10.0 Å². The van der Waals surface area contributed by atoms with Crippen molar-refractivity contribution in [2.24, 2.45) is 5.14 Å². The lowest BCUT2D eigenvalue weighted by Gasteiger charge is -2.14. The number of anilines is 1. The van der Waals surface area contributed by atoms with Crippen LogP contribution in [0.25, 0.3) is 0 Å². The molecule has 0 saturated carbocycles. The van der Waals surface area contributed by atoms with E-state index in [9.17, 15) is 12.8 Å². The molecule has 0 radical (unpaired) electrons. The molecule has 0 saturated heterocycles. The molecule has 2 aromatic rings. The van der Waals surface area contributed by atoms with E-state index in [4.69, 9.17) is 5.14 Å². The number of nitrogens with two attached hydrogens (primary N) is 1. The highest BCUT2D eigenvalue weighted by atomic mass is 79.9. The summed E-state index contributed by atoms with van der Waals surface area (Å²) in [6, 6.07) is 8.40. The summed E-state index contributed by atoms with van der Waals surface area (Å²) in [5, 5.41) is 8.01. The van der Waals surface area contributed by atoms with E-state index in [0.29, 0.717) is 12.1 Å². The van der Waals surface area contributed by atoms with E-state index in [1.165, 1.54) is 12.1 Å². The molecule has 2 aromatic carbocycles. The van der Waals surface area contributed by atoms with Gasteiger partial charge in [0, 0.05) is 11.0 Å². The van der Waals surface area contributed by atoms with E-state index in [1.54, 1.807) is 6.92 Å². The average molecular weight is 387 g/mol. The molecule has 118 valence electrons. The summed E-state index contributed by atoms with van der Waals surface area (Å²) in [4.78, 5) is -0.245. The summed E-state index contributed by atoms with van der Waals surface area (Å²) in [6.07, 6.45) is 0. The summed E-state index contributed by atoms with van der Waals surface area (Å²) in [5.41, 5.74) is 2.20. The first kappa shape index (κ1) is 16.9. The van der Waals surface area contributed by atoms with Crippen LogP contribution >= 0.6 is 15.9 Å². The molecule has 22 heavy (non-hydrogen) atoms. The maximum Gasteiger partial charge on any atom is 0.240 e. The smallest absolute Gasteiger partial charge is 0.240 e. The quantitative estimate of drug-likeness (QED) is 0.844. The molecule has 0 atom stereocenters. The number of aryl methyl sites for hydroxylation is 2. The first-order valence-corrected chi connectivity index (χ1v) is 8.85. The highest BCUT2D eigenvalue weighted by Gasteiger charge is 2.19. The van der Waals surface area contributed by atoms with Crippen LogP contribution in [-0.4, -0.2) is 8.42 Å². The molecule has 0 bridgehead atoms. The highest BCUT2D eigenvalue weighted by molar-refractivity contribution is 9.10. The van der Waals surface area contributed by atoms with Crippen molar-refractivity contribution >= 4 is 31.6 Å². The van der Waals surface area contributed by atoms with Gasteiger partial charge in [-0.25, -0.2) is 17.9 Å². The van der Waals surface area contributed by atoms with Crippen LogP contribution in [0.5, 0.6) is 0 Å². The summed E-state index contributed by atoms with van der Waals surface area (Å²) < 4.78 is 38.4. The fourth-order valence-corrected chi connectivity index (χ4v) is 3.29. The minimum Gasteiger partial charge on any atom is -0.377 e. The minimum atomic E-state index is -4.00. The SMILES string of the molecule is Cc1cc(Br)ccc1CNc1c(S(N)(=O)=O)ccc(C)c1F. The molecule has 0 aromatic heterocycles. The van der Waals surface area contributed by atoms with E-state index in [-0.39, 0.29) is 10.6 Å². The second-order valence-electron chi connectivity index (χ2n) is 5.04. The molecular weight excluding hydrogens is 371 g/mol. The van der Waals surface area contributed by atoms with Gasteiger partial charge in [-0.15, -0.1) is 0 Å². The van der Waals surface area contributed by atoms with E-state index >= 15 is 0 Å². The predicted octanol–water partition coefficient (Wildman–Crippen LogP) is 3.46. The Hall–Kier alpha value is -1.44. The molecule has 3 N–H and O–H groups in total. The van der Waals surface area contributed by atoms with Gasteiger partial charge in [0.25, 0.3) is 0 Å². The lowest BCUT2D eigenvalue weighted by molar-refractivity contribution is 0.592. The standard InChI is InChI=1S/C15H16BrFN2O2S/c1-9-3-6-13(22(18,20)21)15(14(9)17)19-8-11-4-5-12(16)7-10(11)2/h3-7,19H,8H2,1-2H3,(H2,18,20,21). The van der Waals surface area contributed by atoms with Crippen molar-refractivity contribution in [1.29, 1.82) is 0 Å². The molecule has 0 aliphatic rings. The van der Waals surface area contributed by atoms with Crippen molar-refractivity contribution in [2.75, 3.05) is 5.32 Å². The second-order valence-corrected chi connectivity index (χ2v) is 7.48. The number of nitrogens with one attached hydrogen (secondary N) is 1. The molecule has 0 aliphatic heterocycles. The van der Waals surface area contributed by atoms with E-state index in [0.717, 1.165) is 15.6 Å². The Labute approximate surface area is 137 Å². The zero-order valence-electron chi connectivity index (χ0n) is 12.2. The third-order valence-corrected chi connectivity index (χ3v) is 4.81. The van der Waals surface area contributed by atoms with Gasteiger partial charge in [-0.1, -0.05) is 28.1 Å². The van der Waals surface area contributed by atoms with Crippen molar-refractivity contribution < 1.29 is 12.8 Å². The van der Waals surface area contributed by atoms with Gasteiger partial charge < -0.3 is 5.32 Å². The van der Waals surface area contributed by atoms with Gasteiger partial charge in [0.15, 0.2) is 5.82 Å². The first-order chi connectivity index (χ1) is 10.2. The molecule has 0 aliphatic carbocycles. The van der Waals surface area contributed by atoms with Crippen molar-refractivity contribution in [1.82, 2.24) is 0 Å². The predicted molar refractivity (Wildman–Crippen MR) is 88.7 cm³/mol. The van der Waals surface area contributed by atoms with Gasteiger partial charge in [0.1, 0.15) is 4.90 Å². The largest absolute Gasteiger partial charge is 0.377 e. The van der Waals surface area contributed by atoms with Gasteiger partial charge in [-0.2, -0.15) is 0 Å². The molecule has 0 spiro atoms. The molecule has 0 unspecified atom stereocenters. The summed E-state index contributed by atoms with van der Waals surface area (Å²) in [6.45, 7) is 3.79. The number of halogens is 2. The fourth-order valence-electron chi connectivity index (χ4n) is 2.11. The Morgan fingerprint density at radius 3 is 2.45 bits per heavy atom. The number of benzene rings is 2. The number of sulfonamides is 1. The summed E-state index contributed by atoms with van der Waals surface area (Å²) >= 11 is 3.37. The molecule has 2 rings (SSSR count). The van der Waals surface area contributed by atoms with Crippen LogP contribution < -0.4 is 10.5 Å². The van der Waals surface area contributed by atoms with Crippen molar-refractivity contribution in [3.05, 3.63) is 57.3 Å². The zero-order chi connectivity index (χ0) is 16.5. The van der Waals surface area contributed by atoms with Crippen LogP contribution in [0.15, 0.2) is 39.7 Å². The van der Waals surface area contributed by atoms with Gasteiger partial charge in [-0.05, 0) is 48.7 Å². The number of rotatable bonds is 4. The van der Waals surface area contributed by atoms with E-state index in [1.807, 2.05) is 25.1 Å². The maximum absolute atomic E-state index is 14.3. The first-order valence-electron chi connectivity index (χ1n) is 6.51. The van der Waals surface area contributed by atoms with Crippen LogP contribution in [0.3, 0.4) is 0 Å². The van der Waals surface area contributed by atoms with Gasteiger partial charge >= 0.3 is 0 Å². The normalized spacial score (nSPS) is 11.5. The third kappa shape index (κ3) is 3.66. The Bertz CT molecular complexity index is 823. The van der Waals surface area contributed by atoms with Crippen LogP contribution in [-0.2, 0) is 16.6 Å².